The van der Waals surface area contributed by atoms with Crippen LogP contribution in [0.2, 0.25) is 0 Å². The number of piperidine rings is 1. The third kappa shape index (κ3) is 5.82. The zero-order valence-corrected chi connectivity index (χ0v) is 17.7. The minimum atomic E-state index is -0.108. The molecule has 150 valence electrons. The molecule has 1 atom stereocenters. The number of hydrogen-bond acceptors (Lipinski definition) is 2. The molecular formula is C23H36N2O2. The molecule has 1 heterocycles. The first-order chi connectivity index (χ1) is 12.8. The lowest BCUT2D eigenvalue weighted by Crippen LogP contribution is -2.44. The van der Waals surface area contributed by atoms with Crippen LogP contribution in [0.1, 0.15) is 77.3 Å². The van der Waals surface area contributed by atoms with Gasteiger partial charge in [0.25, 0.3) is 0 Å². The van der Waals surface area contributed by atoms with Crippen molar-refractivity contribution in [2.45, 2.75) is 71.6 Å². The summed E-state index contributed by atoms with van der Waals surface area (Å²) in [5.74, 6) is 0.625. The number of carbonyl (C=O) groups excluding carboxylic acids is 2. The predicted octanol–water partition coefficient (Wildman–Crippen LogP) is 4.24. The third-order valence-electron chi connectivity index (χ3n) is 5.76. The number of carbonyl (C=O) groups is 2. The molecule has 0 aliphatic carbocycles. The molecule has 2 rings (SSSR count). The maximum atomic E-state index is 12.8. The zero-order chi connectivity index (χ0) is 20.0. The molecule has 1 aromatic rings. The van der Waals surface area contributed by atoms with Gasteiger partial charge in [0.15, 0.2) is 0 Å². The van der Waals surface area contributed by atoms with E-state index in [4.69, 9.17) is 0 Å². The van der Waals surface area contributed by atoms with Gasteiger partial charge in [-0.2, -0.15) is 0 Å². The zero-order valence-electron chi connectivity index (χ0n) is 17.7. The summed E-state index contributed by atoms with van der Waals surface area (Å²) >= 11 is 0. The standard InChI is InChI=1S/C23H36N2O2/c1-6-17(16-24-21(26)7-2)22(27)25-14-12-19(13-15-25)18-8-10-20(11-9-18)23(3,4)5/h8-11,17,19H,6-7,12-16H2,1-5H3,(H,24,26). The summed E-state index contributed by atoms with van der Waals surface area (Å²) in [7, 11) is 0. The van der Waals surface area contributed by atoms with Crippen LogP contribution in [0.3, 0.4) is 0 Å². The third-order valence-corrected chi connectivity index (χ3v) is 5.76. The van der Waals surface area contributed by atoms with Crippen molar-refractivity contribution in [3.05, 3.63) is 35.4 Å². The Balaban J connectivity index is 1.90. The summed E-state index contributed by atoms with van der Waals surface area (Å²) < 4.78 is 0. The number of nitrogens with one attached hydrogen (secondary N) is 1. The average Bonchev–Trinajstić information content (AvgIpc) is 2.67. The summed E-state index contributed by atoms with van der Waals surface area (Å²) in [5.41, 5.74) is 2.92. The highest BCUT2D eigenvalue weighted by molar-refractivity contribution is 5.81. The van der Waals surface area contributed by atoms with Crippen LogP contribution in [0.15, 0.2) is 24.3 Å². The topological polar surface area (TPSA) is 49.4 Å². The van der Waals surface area contributed by atoms with Gasteiger partial charge in [0.05, 0.1) is 5.92 Å². The molecule has 2 amide bonds. The van der Waals surface area contributed by atoms with E-state index in [0.717, 1.165) is 32.4 Å². The Morgan fingerprint density at radius 2 is 1.70 bits per heavy atom. The van der Waals surface area contributed by atoms with Gasteiger partial charge >= 0.3 is 0 Å². The molecule has 0 radical (unpaired) electrons. The van der Waals surface area contributed by atoms with Crippen molar-refractivity contribution in [3.8, 4) is 0 Å². The molecule has 4 heteroatoms. The second-order valence-electron chi connectivity index (χ2n) is 8.73. The van der Waals surface area contributed by atoms with Gasteiger partial charge in [-0.05, 0) is 41.7 Å². The van der Waals surface area contributed by atoms with Crippen LogP contribution in [0, 0.1) is 5.92 Å². The van der Waals surface area contributed by atoms with Gasteiger partial charge in [-0.1, -0.05) is 58.9 Å². The molecule has 1 saturated heterocycles. The Morgan fingerprint density at radius 3 is 2.19 bits per heavy atom. The number of amides is 2. The van der Waals surface area contributed by atoms with Gasteiger partial charge in [-0.25, -0.2) is 0 Å². The number of benzene rings is 1. The molecule has 0 aromatic heterocycles. The fourth-order valence-corrected chi connectivity index (χ4v) is 3.71. The van der Waals surface area contributed by atoms with Crippen molar-refractivity contribution < 1.29 is 9.59 Å². The van der Waals surface area contributed by atoms with Gasteiger partial charge in [-0.15, -0.1) is 0 Å². The highest BCUT2D eigenvalue weighted by atomic mass is 16.2. The molecule has 0 spiro atoms. The lowest BCUT2D eigenvalue weighted by Gasteiger charge is -2.34. The maximum Gasteiger partial charge on any atom is 0.227 e. The summed E-state index contributed by atoms with van der Waals surface area (Å²) in [6.45, 7) is 12.6. The lowest BCUT2D eigenvalue weighted by atomic mass is 9.83. The molecule has 27 heavy (non-hydrogen) atoms. The first-order valence-electron chi connectivity index (χ1n) is 10.4. The van der Waals surface area contributed by atoms with Crippen LogP contribution < -0.4 is 5.32 Å². The molecule has 4 nitrogen and oxygen atoms in total. The number of hydrogen-bond donors (Lipinski definition) is 1. The second kappa shape index (κ2) is 9.38. The van der Waals surface area contributed by atoms with Crippen molar-refractivity contribution in [1.82, 2.24) is 10.2 Å². The number of nitrogens with zero attached hydrogens (tertiary/aromatic N) is 1. The van der Waals surface area contributed by atoms with Crippen LogP contribution in [-0.4, -0.2) is 36.3 Å². The van der Waals surface area contributed by atoms with E-state index in [0.29, 0.717) is 18.9 Å². The van der Waals surface area contributed by atoms with E-state index in [9.17, 15) is 9.59 Å². The van der Waals surface area contributed by atoms with E-state index < -0.39 is 0 Å². The molecular weight excluding hydrogens is 336 g/mol. The second-order valence-corrected chi connectivity index (χ2v) is 8.73. The SMILES string of the molecule is CCC(=O)NCC(CC)C(=O)N1CCC(c2ccc(C(C)(C)C)cc2)CC1. The Bertz CT molecular complexity index is 623. The highest BCUT2D eigenvalue weighted by Crippen LogP contribution is 2.31. The normalized spacial score (nSPS) is 16.9. The molecule has 1 fully saturated rings. The smallest absolute Gasteiger partial charge is 0.227 e. The lowest BCUT2D eigenvalue weighted by molar-refractivity contribution is -0.136. The van der Waals surface area contributed by atoms with E-state index in [2.05, 4.69) is 50.4 Å². The predicted molar refractivity (Wildman–Crippen MR) is 111 cm³/mol. The van der Waals surface area contributed by atoms with E-state index >= 15 is 0 Å². The summed E-state index contributed by atoms with van der Waals surface area (Å²) in [6, 6.07) is 9.02. The number of rotatable bonds is 6. The van der Waals surface area contributed by atoms with Gasteiger partial charge < -0.3 is 10.2 Å². The maximum absolute atomic E-state index is 12.8. The highest BCUT2D eigenvalue weighted by Gasteiger charge is 2.28. The largest absolute Gasteiger partial charge is 0.355 e. The summed E-state index contributed by atoms with van der Waals surface area (Å²) in [4.78, 5) is 26.3. The minimum Gasteiger partial charge on any atom is -0.355 e. The monoisotopic (exact) mass is 372 g/mol. The van der Waals surface area contributed by atoms with Crippen molar-refractivity contribution >= 4 is 11.8 Å². The Kier molecular flexibility index (Phi) is 7.46. The van der Waals surface area contributed by atoms with Crippen LogP contribution in [-0.2, 0) is 15.0 Å². The van der Waals surface area contributed by atoms with Crippen LogP contribution in [0.5, 0.6) is 0 Å². The molecule has 1 aromatic carbocycles. The number of likely N-dealkylation sites (tertiary alicyclic amines) is 1. The van der Waals surface area contributed by atoms with Crippen LogP contribution in [0.4, 0.5) is 0 Å². The van der Waals surface area contributed by atoms with Crippen LogP contribution in [0.25, 0.3) is 0 Å². The molecule has 1 N–H and O–H groups in total. The molecule has 0 saturated carbocycles. The van der Waals surface area contributed by atoms with Crippen molar-refractivity contribution in [2.75, 3.05) is 19.6 Å². The minimum absolute atomic E-state index is 0.0126. The fourth-order valence-electron chi connectivity index (χ4n) is 3.71. The van der Waals surface area contributed by atoms with E-state index in [-0.39, 0.29) is 23.1 Å². The first-order valence-corrected chi connectivity index (χ1v) is 10.4. The Hall–Kier alpha value is -1.84. The first kappa shape index (κ1) is 21.5. The molecule has 0 bridgehead atoms. The summed E-state index contributed by atoms with van der Waals surface area (Å²) in [5, 5.41) is 2.87. The van der Waals surface area contributed by atoms with Crippen LogP contribution >= 0.6 is 0 Å². The molecule has 1 aliphatic heterocycles. The Morgan fingerprint density at radius 1 is 1.11 bits per heavy atom. The van der Waals surface area contributed by atoms with Gasteiger partial charge in [0, 0.05) is 26.1 Å². The van der Waals surface area contributed by atoms with E-state index in [1.54, 1.807) is 0 Å². The van der Waals surface area contributed by atoms with Gasteiger partial charge in [0.2, 0.25) is 11.8 Å². The van der Waals surface area contributed by atoms with Crippen molar-refractivity contribution in [1.29, 1.82) is 0 Å². The van der Waals surface area contributed by atoms with Crippen molar-refractivity contribution in [3.63, 3.8) is 0 Å². The summed E-state index contributed by atoms with van der Waals surface area (Å²) in [6.07, 6.45) is 3.25. The average molecular weight is 373 g/mol. The van der Waals surface area contributed by atoms with E-state index in [1.807, 2.05) is 18.7 Å². The van der Waals surface area contributed by atoms with Crippen molar-refractivity contribution in [2.24, 2.45) is 5.92 Å². The molecule has 1 unspecified atom stereocenters. The Labute approximate surface area is 164 Å². The molecule has 1 aliphatic rings. The quantitative estimate of drug-likeness (QED) is 0.812. The van der Waals surface area contributed by atoms with E-state index in [1.165, 1.54) is 11.1 Å². The fraction of sp³-hybridized carbons (Fsp3) is 0.652. The van der Waals surface area contributed by atoms with Gasteiger partial charge in [0.1, 0.15) is 0 Å². The van der Waals surface area contributed by atoms with Gasteiger partial charge in [-0.3, -0.25) is 9.59 Å².